The molecule has 4 nitrogen and oxygen atoms in total. The minimum absolute atomic E-state index is 0.201. The maximum Gasteiger partial charge on any atom is 0.311 e. The van der Waals surface area contributed by atoms with Gasteiger partial charge in [-0.3, -0.25) is 9.59 Å². The lowest BCUT2D eigenvalue weighted by Crippen LogP contribution is -2.25. The summed E-state index contributed by atoms with van der Waals surface area (Å²) in [5.41, 5.74) is 0.526. The molecule has 0 unspecified atom stereocenters. The highest BCUT2D eigenvalue weighted by Crippen LogP contribution is 2.16. The van der Waals surface area contributed by atoms with Crippen LogP contribution in [0.2, 0.25) is 10.0 Å². The Hall–Kier alpha value is -2.04. The van der Waals surface area contributed by atoms with Crippen molar-refractivity contribution in [3.63, 3.8) is 0 Å². The Bertz CT molecular complexity index is 669. The second-order valence-corrected chi connectivity index (χ2v) is 5.67. The van der Waals surface area contributed by atoms with E-state index in [0.29, 0.717) is 34.3 Å². The molecule has 0 fully saturated rings. The van der Waals surface area contributed by atoms with E-state index in [-0.39, 0.29) is 18.3 Å². The molecule has 0 aromatic heterocycles. The first-order valence-electron chi connectivity index (χ1n) is 7.04. The molecule has 2 rings (SSSR count). The maximum absolute atomic E-state index is 11.8. The van der Waals surface area contributed by atoms with E-state index >= 15 is 0 Å². The minimum Gasteiger partial charge on any atom is -0.427 e. The molecule has 1 amide bonds. The molecule has 0 atom stereocenters. The predicted octanol–water partition coefficient (Wildman–Crippen LogP) is 4.11. The lowest BCUT2D eigenvalue weighted by molar-refractivity contribution is -0.134. The molecule has 120 valence electrons. The Morgan fingerprint density at radius 1 is 0.913 bits per heavy atom. The van der Waals surface area contributed by atoms with Crippen LogP contribution >= 0.6 is 23.2 Å². The number of esters is 1. The molecule has 0 saturated heterocycles. The molecule has 2 aromatic carbocycles. The quantitative estimate of drug-likeness (QED) is 0.484. The van der Waals surface area contributed by atoms with Crippen molar-refractivity contribution < 1.29 is 14.3 Å². The zero-order valence-electron chi connectivity index (χ0n) is 12.2. The summed E-state index contributed by atoms with van der Waals surface area (Å²) in [6, 6.07) is 13.1. The number of rotatable bonds is 6. The van der Waals surface area contributed by atoms with Gasteiger partial charge >= 0.3 is 5.97 Å². The smallest absolute Gasteiger partial charge is 0.311 e. The van der Waals surface area contributed by atoms with Crippen molar-refractivity contribution in [1.29, 1.82) is 0 Å². The number of halogens is 2. The third kappa shape index (κ3) is 5.93. The molecule has 2 aromatic rings. The van der Waals surface area contributed by atoms with Gasteiger partial charge < -0.3 is 10.1 Å². The summed E-state index contributed by atoms with van der Waals surface area (Å²) in [6.45, 7) is 0.386. The van der Waals surface area contributed by atoms with E-state index in [0.717, 1.165) is 0 Å². The van der Waals surface area contributed by atoms with Gasteiger partial charge in [-0.1, -0.05) is 23.2 Å². The third-order valence-corrected chi connectivity index (χ3v) is 3.50. The number of carbonyl (C=O) groups excluding carboxylic acids is 2. The average Bonchev–Trinajstić information content (AvgIpc) is 2.54. The van der Waals surface area contributed by atoms with Crippen molar-refractivity contribution in [2.45, 2.75) is 12.8 Å². The Morgan fingerprint density at radius 3 is 2.09 bits per heavy atom. The molecular weight excluding hydrogens is 337 g/mol. The summed E-state index contributed by atoms with van der Waals surface area (Å²) < 4.78 is 5.15. The van der Waals surface area contributed by atoms with Gasteiger partial charge in [0.2, 0.25) is 0 Å². The Balaban J connectivity index is 1.68. The van der Waals surface area contributed by atoms with Gasteiger partial charge in [-0.2, -0.15) is 0 Å². The van der Waals surface area contributed by atoms with E-state index in [1.807, 2.05) is 0 Å². The van der Waals surface area contributed by atoms with Gasteiger partial charge in [0.05, 0.1) is 0 Å². The molecule has 23 heavy (non-hydrogen) atoms. The van der Waals surface area contributed by atoms with Crippen LogP contribution in [0.25, 0.3) is 0 Å². The van der Waals surface area contributed by atoms with Crippen molar-refractivity contribution in [1.82, 2.24) is 5.32 Å². The first-order chi connectivity index (χ1) is 11.0. The fraction of sp³-hybridized carbons (Fsp3) is 0.176. The molecule has 0 heterocycles. The molecular formula is C17H15Cl2NO3. The van der Waals surface area contributed by atoms with Crippen LogP contribution in [0.15, 0.2) is 48.5 Å². The van der Waals surface area contributed by atoms with Crippen molar-refractivity contribution in [2.24, 2.45) is 0 Å². The summed E-state index contributed by atoms with van der Waals surface area (Å²) in [6.07, 6.45) is 0.704. The molecule has 6 heteroatoms. The number of benzene rings is 2. The van der Waals surface area contributed by atoms with Crippen LogP contribution in [0.4, 0.5) is 0 Å². The van der Waals surface area contributed by atoms with Gasteiger partial charge in [0.1, 0.15) is 5.75 Å². The average molecular weight is 352 g/mol. The van der Waals surface area contributed by atoms with Gasteiger partial charge in [-0.15, -0.1) is 0 Å². The topological polar surface area (TPSA) is 55.4 Å². The van der Waals surface area contributed by atoms with Gasteiger partial charge in [0.25, 0.3) is 5.91 Å². The number of amides is 1. The highest BCUT2D eigenvalue weighted by Gasteiger charge is 2.07. The molecule has 0 saturated carbocycles. The lowest BCUT2D eigenvalue weighted by atomic mass is 10.2. The molecule has 0 aliphatic heterocycles. The van der Waals surface area contributed by atoms with Crippen LogP contribution < -0.4 is 10.1 Å². The van der Waals surface area contributed by atoms with Gasteiger partial charge in [-0.25, -0.2) is 0 Å². The van der Waals surface area contributed by atoms with Crippen LogP contribution in [-0.4, -0.2) is 18.4 Å². The van der Waals surface area contributed by atoms with Crippen LogP contribution in [-0.2, 0) is 4.79 Å². The van der Waals surface area contributed by atoms with Crippen LogP contribution in [0, 0.1) is 0 Å². The standard InChI is InChI=1S/C17H15Cl2NO3/c18-13-5-3-12(4-6-13)17(22)20-11-1-2-16(21)23-15-9-7-14(19)8-10-15/h3-10H,1-2,11H2,(H,20,22). The minimum atomic E-state index is -0.354. The van der Waals surface area contributed by atoms with Crippen LogP contribution in [0.3, 0.4) is 0 Å². The molecule has 0 radical (unpaired) electrons. The largest absolute Gasteiger partial charge is 0.427 e. The first-order valence-corrected chi connectivity index (χ1v) is 7.80. The van der Waals surface area contributed by atoms with Gasteiger partial charge in [0.15, 0.2) is 0 Å². The number of hydrogen-bond acceptors (Lipinski definition) is 3. The van der Waals surface area contributed by atoms with Crippen molar-refractivity contribution >= 4 is 35.1 Å². The van der Waals surface area contributed by atoms with Crippen molar-refractivity contribution in [2.75, 3.05) is 6.54 Å². The highest BCUT2D eigenvalue weighted by atomic mass is 35.5. The summed E-state index contributed by atoms with van der Waals surface area (Å²) in [4.78, 5) is 23.5. The summed E-state index contributed by atoms with van der Waals surface area (Å²) >= 11 is 11.5. The number of ether oxygens (including phenoxy) is 1. The SMILES string of the molecule is O=C(CCCNC(=O)c1ccc(Cl)cc1)Oc1ccc(Cl)cc1. The van der Waals surface area contributed by atoms with E-state index in [2.05, 4.69) is 5.32 Å². The first kappa shape index (κ1) is 17.3. The summed E-state index contributed by atoms with van der Waals surface area (Å²) in [5, 5.41) is 3.89. The number of hydrogen-bond donors (Lipinski definition) is 1. The maximum atomic E-state index is 11.8. The molecule has 0 aliphatic carbocycles. The fourth-order valence-electron chi connectivity index (χ4n) is 1.82. The third-order valence-electron chi connectivity index (χ3n) is 2.99. The zero-order chi connectivity index (χ0) is 16.7. The van der Waals surface area contributed by atoms with Crippen molar-refractivity contribution in [3.05, 3.63) is 64.1 Å². The molecule has 1 N–H and O–H groups in total. The number of carbonyl (C=O) groups is 2. The second kappa shape index (κ2) is 8.56. The predicted molar refractivity (Wildman–Crippen MR) is 90.1 cm³/mol. The van der Waals surface area contributed by atoms with Gasteiger partial charge in [0, 0.05) is 28.6 Å². The monoisotopic (exact) mass is 351 g/mol. The Labute approximate surface area is 144 Å². The molecule has 0 bridgehead atoms. The summed E-state index contributed by atoms with van der Waals surface area (Å²) in [5.74, 6) is -0.106. The molecule has 0 aliphatic rings. The molecule has 0 spiro atoms. The Morgan fingerprint density at radius 2 is 1.48 bits per heavy atom. The van der Waals surface area contributed by atoms with Crippen molar-refractivity contribution in [3.8, 4) is 5.75 Å². The van der Waals surface area contributed by atoms with E-state index < -0.39 is 0 Å². The fourth-order valence-corrected chi connectivity index (χ4v) is 2.08. The van der Waals surface area contributed by atoms with E-state index in [9.17, 15) is 9.59 Å². The highest BCUT2D eigenvalue weighted by molar-refractivity contribution is 6.30. The van der Waals surface area contributed by atoms with Crippen LogP contribution in [0.5, 0.6) is 5.75 Å². The van der Waals surface area contributed by atoms with E-state index in [4.69, 9.17) is 27.9 Å². The summed E-state index contributed by atoms with van der Waals surface area (Å²) in [7, 11) is 0. The zero-order valence-corrected chi connectivity index (χ0v) is 13.7. The van der Waals surface area contributed by atoms with Gasteiger partial charge in [-0.05, 0) is 55.0 Å². The van der Waals surface area contributed by atoms with E-state index in [1.165, 1.54) is 0 Å². The van der Waals surface area contributed by atoms with E-state index in [1.54, 1.807) is 48.5 Å². The number of nitrogens with one attached hydrogen (secondary N) is 1. The van der Waals surface area contributed by atoms with Crippen LogP contribution in [0.1, 0.15) is 23.2 Å². The lowest BCUT2D eigenvalue weighted by Gasteiger charge is -2.06. The Kier molecular flexibility index (Phi) is 6.44. The second-order valence-electron chi connectivity index (χ2n) is 4.79. The normalized spacial score (nSPS) is 10.2.